The van der Waals surface area contributed by atoms with E-state index < -0.39 is 17.9 Å². The lowest BCUT2D eigenvalue weighted by atomic mass is 9.80. The number of carbonyl (C=O) groups is 2. The Labute approximate surface area is 183 Å². The second-order valence-electron chi connectivity index (χ2n) is 6.06. The van der Waals surface area contributed by atoms with E-state index in [2.05, 4.69) is 5.32 Å². The molecule has 3 N–H and O–H groups in total. The molecule has 166 valence electrons. The van der Waals surface area contributed by atoms with E-state index >= 15 is 0 Å². The molecule has 8 heteroatoms. The van der Waals surface area contributed by atoms with Gasteiger partial charge in [0.2, 0.25) is 0 Å². The zero-order valence-corrected chi connectivity index (χ0v) is 19.0. The number of dihydropyridines is 1. The molecule has 7 nitrogen and oxygen atoms in total. The first-order chi connectivity index (χ1) is 14.5. The molecule has 1 aliphatic heterocycles. The fourth-order valence-electron chi connectivity index (χ4n) is 3.12. The normalized spacial score (nSPS) is 15.8. The lowest BCUT2D eigenvalue weighted by molar-refractivity contribution is -0.139. The van der Waals surface area contributed by atoms with Crippen molar-refractivity contribution >= 4 is 23.5 Å². The van der Waals surface area contributed by atoms with Gasteiger partial charge in [0.1, 0.15) is 0 Å². The smallest absolute Gasteiger partial charge is 0.336 e. The van der Waals surface area contributed by atoms with Crippen molar-refractivity contribution in [3.05, 3.63) is 57.4 Å². The summed E-state index contributed by atoms with van der Waals surface area (Å²) in [4.78, 5) is 25.5. The van der Waals surface area contributed by atoms with E-state index in [9.17, 15) is 9.59 Å². The number of nitrogens with two attached hydrogens (primary N) is 1. The largest absolute Gasteiger partial charge is 0.466 e. The maximum absolute atomic E-state index is 12.9. The summed E-state index contributed by atoms with van der Waals surface area (Å²) in [5, 5.41) is 3.52. The molecule has 0 spiro atoms. The highest BCUT2D eigenvalue weighted by Crippen LogP contribution is 2.41. The molecule has 0 unspecified atom stereocenters. The van der Waals surface area contributed by atoms with Crippen LogP contribution in [0.5, 0.6) is 0 Å². The van der Waals surface area contributed by atoms with Crippen molar-refractivity contribution in [2.45, 2.75) is 33.6 Å². The lowest BCUT2D eigenvalue weighted by Crippen LogP contribution is -2.35. The number of hydrogen-bond acceptors (Lipinski definition) is 7. The van der Waals surface area contributed by atoms with Gasteiger partial charge >= 0.3 is 11.9 Å². The van der Waals surface area contributed by atoms with Crippen LogP contribution in [0, 0.1) is 0 Å². The molecule has 2 rings (SSSR count). The average Bonchev–Trinajstić information content (AvgIpc) is 2.75. The van der Waals surface area contributed by atoms with Crippen LogP contribution in [0.2, 0.25) is 5.02 Å². The number of nitrogens with one attached hydrogen (secondary N) is 1. The first-order valence-electron chi connectivity index (χ1n) is 9.94. The third kappa shape index (κ3) is 6.08. The Morgan fingerprint density at radius 1 is 1.17 bits per heavy atom. The van der Waals surface area contributed by atoms with E-state index in [1.165, 1.54) is 7.11 Å². The molecule has 0 aliphatic carbocycles. The number of allylic oxidation sites excluding steroid dienone is 1. The van der Waals surface area contributed by atoms with Gasteiger partial charge in [0.25, 0.3) is 0 Å². The van der Waals surface area contributed by atoms with Crippen LogP contribution in [0.3, 0.4) is 0 Å². The standard InChI is InChI=1S/C20H25ClN2O5.C2H6/c1-4-28-20(25)18-15(11-27-10-9-22)23-12(2)16(19(24)26-3)17(18)13-7-5-6-8-14(13)21;1-2/h5-8,17,23H,4,9-11,22H2,1-3H3;1-2H3/t17-;/m0./s1. The second-order valence-corrected chi connectivity index (χ2v) is 6.47. The van der Waals surface area contributed by atoms with Crippen LogP contribution in [0.4, 0.5) is 0 Å². The highest BCUT2D eigenvalue weighted by atomic mass is 35.5. The SMILES string of the molecule is CC.CCOC(=O)C1=C(COCCN)NC(C)=C(C(=O)OC)[C@@H]1c1ccccc1Cl. The van der Waals surface area contributed by atoms with Crippen molar-refractivity contribution in [3.63, 3.8) is 0 Å². The lowest BCUT2D eigenvalue weighted by Gasteiger charge is -2.31. The van der Waals surface area contributed by atoms with Crippen molar-refractivity contribution in [1.82, 2.24) is 5.32 Å². The number of ether oxygens (including phenoxy) is 3. The molecule has 1 aromatic rings. The number of halogens is 1. The van der Waals surface area contributed by atoms with Crippen molar-refractivity contribution in [2.24, 2.45) is 5.73 Å². The van der Waals surface area contributed by atoms with Crippen LogP contribution in [0.15, 0.2) is 46.8 Å². The molecule has 0 saturated heterocycles. The number of benzene rings is 1. The molecule has 1 aromatic carbocycles. The fourth-order valence-corrected chi connectivity index (χ4v) is 3.36. The summed E-state index contributed by atoms with van der Waals surface area (Å²) in [5.41, 5.74) is 7.70. The molecule has 1 heterocycles. The van der Waals surface area contributed by atoms with Crippen molar-refractivity contribution < 1.29 is 23.8 Å². The zero-order valence-electron chi connectivity index (χ0n) is 18.2. The van der Waals surface area contributed by atoms with Crippen LogP contribution in [0.1, 0.15) is 39.2 Å². The van der Waals surface area contributed by atoms with Gasteiger partial charge < -0.3 is 25.3 Å². The summed E-state index contributed by atoms with van der Waals surface area (Å²) < 4.78 is 15.8. The van der Waals surface area contributed by atoms with Gasteiger partial charge in [-0.15, -0.1) is 0 Å². The summed E-state index contributed by atoms with van der Waals surface area (Å²) in [5.74, 6) is -1.86. The molecule has 1 aliphatic rings. The monoisotopic (exact) mass is 438 g/mol. The molecule has 0 aromatic heterocycles. The van der Waals surface area contributed by atoms with Crippen LogP contribution < -0.4 is 11.1 Å². The van der Waals surface area contributed by atoms with Gasteiger partial charge in [-0.3, -0.25) is 0 Å². The number of rotatable bonds is 8. The number of methoxy groups -OCH3 is 1. The first-order valence-corrected chi connectivity index (χ1v) is 10.3. The topological polar surface area (TPSA) is 99.9 Å². The van der Waals surface area contributed by atoms with E-state index in [4.69, 9.17) is 31.5 Å². The minimum atomic E-state index is -0.752. The molecular weight excluding hydrogens is 408 g/mol. The highest BCUT2D eigenvalue weighted by Gasteiger charge is 2.39. The Kier molecular flexibility index (Phi) is 11.2. The van der Waals surface area contributed by atoms with E-state index in [0.29, 0.717) is 40.7 Å². The van der Waals surface area contributed by atoms with E-state index in [1.54, 1.807) is 38.1 Å². The van der Waals surface area contributed by atoms with E-state index in [0.717, 1.165) is 0 Å². The van der Waals surface area contributed by atoms with Gasteiger partial charge in [0, 0.05) is 17.3 Å². The van der Waals surface area contributed by atoms with Gasteiger partial charge in [0.15, 0.2) is 0 Å². The molecule has 0 amide bonds. The van der Waals surface area contributed by atoms with Crippen LogP contribution in [-0.4, -0.2) is 45.4 Å². The van der Waals surface area contributed by atoms with Crippen molar-refractivity contribution in [3.8, 4) is 0 Å². The first kappa shape index (κ1) is 25.7. The number of esters is 2. The summed E-state index contributed by atoms with van der Waals surface area (Å²) in [6.07, 6.45) is 0. The highest BCUT2D eigenvalue weighted by molar-refractivity contribution is 6.31. The minimum Gasteiger partial charge on any atom is -0.466 e. The molecule has 1 atom stereocenters. The van der Waals surface area contributed by atoms with Gasteiger partial charge in [0.05, 0.1) is 49.7 Å². The summed E-state index contributed by atoms with van der Waals surface area (Å²) in [6.45, 7) is 8.42. The summed E-state index contributed by atoms with van der Waals surface area (Å²) in [7, 11) is 1.29. The van der Waals surface area contributed by atoms with Crippen molar-refractivity contribution in [2.75, 3.05) is 33.5 Å². The summed E-state index contributed by atoms with van der Waals surface area (Å²) in [6, 6.07) is 7.05. The van der Waals surface area contributed by atoms with Crippen molar-refractivity contribution in [1.29, 1.82) is 0 Å². The fraction of sp³-hybridized carbons (Fsp3) is 0.455. The Balaban J connectivity index is 0.00000218. The molecule has 0 fully saturated rings. The Hall–Kier alpha value is -2.35. The number of carbonyl (C=O) groups excluding carboxylic acids is 2. The molecule has 0 radical (unpaired) electrons. The van der Waals surface area contributed by atoms with E-state index in [-0.39, 0.29) is 18.8 Å². The minimum absolute atomic E-state index is 0.109. The van der Waals surface area contributed by atoms with Crippen LogP contribution in [-0.2, 0) is 23.8 Å². The average molecular weight is 439 g/mol. The van der Waals surface area contributed by atoms with Gasteiger partial charge in [-0.1, -0.05) is 43.6 Å². The van der Waals surface area contributed by atoms with Gasteiger partial charge in [-0.2, -0.15) is 0 Å². The predicted octanol–water partition coefficient (Wildman–Crippen LogP) is 3.29. The molecule has 30 heavy (non-hydrogen) atoms. The summed E-state index contributed by atoms with van der Waals surface area (Å²) >= 11 is 6.42. The maximum Gasteiger partial charge on any atom is 0.336 e. The van der Waals surface area contributed by atoms with E-state index in [1.807, 2.05) is 13.8 Å². The van der Waals surface area contributed by atoms with Gasteiger partial charge in [-0.25, -0.2) is 9.59 Å². The van der Waals surface area contributed by atoms with Crippen LogP contribution in [0.25, 0.3) is 0 Å². The third-order valence-corrected chi connectivity index (χ3v) is 4.61. The maximum atomic E-state index is 12.9. The quantitative estimate of drug-likeness (QED) is 0.474. The third-order valence-electron chi connectivity index (χ3n) is 4.27. The Morgan fingerprint density at radius 2 is 1.83 bits per heavy atom. The van der Waals surface area contributed by atoms with Gasteiger partial charge in [-0.05, 0) is 25.5 Å². The Bertz CT molecular complexity index is 804. The van der Waals surface area contributed by atoms with Crippen LogP contribution >= 0.6 is 11.6 Å². The number of hydrogen-bond donors (Lipinski definition) is 2. The molecule has 0 saturated carbocycles. The predicted molar refractivity (Wildman–Crippen MR) is 117 cm³/mol. The molecular formula is C22H31ClN2O5. The zero-order chi connectivity index (χ0) is 22.7. The second kappa shape index (κ2) is 13.1. The Morgan fingerprint density at radius 3 is 2.40 bits per heavy atom. The molecule has 0 bridgehead atoms.